The average molecular weight is 329 g/mol. The van der Waals surface area contributed by atoms with Gasteiger partial charge in [-0.3, -0.25) is 9.59 Å². The van der Waals surface area contributed by atoms with E-state index < -0.39 is 5.91 Å². The number of aryl methyl sites for hydroxylation is 2. The third kappa shape index (κ3) is 4.22. The summed E-state index contributed by atoms with van der Waals surface area (Å²) in [6.07, 6.45) is 2.29. The van der Waals surface area contributed by atoms with E-state index in [0.29, 0.717) is 23.6 Å². The first kappa shape index (κ1) is 17.7. The molecule has 0 saturated carbocycles. The van der Waals surface area contributed by atoms with Crippen LogP contribution < -0.4 is 11.1 Å². The van der Waals surface area contributed by atoms with Gasteiger partial charge in [-0.2, -0.15) is 0 Å². The Morgan fingerprint density at radius 3 is 2.58 bits per heavy atom. The van der Waals surface area contributed by atoms with Crippen molar-refractivity contribution >= 4 is 17.5 Å². The van der Waals surface area contributed by atoms with Gasteiger partial charge in [0.15, 0.2) is 5.89 Å². The van der Waals surface area contributed by atoms with Crippen LogP contribution in [0.2, 0.25) is 0 Å². The molecule has 1 aromatic carbocycles. The maximum atomic E-state index is 12.1. The van der Waals surface area contributed by atoms with E-state index in [1.54, 1.807) is 31.3 Å². The molecule has 0 aliphatic carbocycles. The van der Waals surface area contributed by atoms with E-state index >= 15 is 0 Å². The molecule has 0 aliphatic heterocycles. The number of primary amides is 1. The molecule has 1 aromatic heterocycles. The Morgan fingerprint density at radius 2 is 2.00 bits per heavy atom. The number of nitrogens with two attached hydrogens (primary N) is 1. The Kier molecular flexibility index (Phi) is 5.07. The van der Waals surface area contributed by atoms with E-state index in [2.05, 4.69) is 10.3 Å². The van der Waals surface area contributed by atoms with Gasteiger partial charge in [0.05, 0.1) is 17.4 Å². The van der Waals surface area contributed by atoms with Crippen molar-refractivity contribution in [1.29, 1.82) is 0 Å². The van der Waals surface area contributed by atoms with Crippen LogP contribution in [-0.4, -0.2) is 16.8 Å². The van der Waals surface area contributed by atoms with Gasteiger partial charge in [0.25, 0.3) is 5.91 Å². The molecule has 3 N–H and O–H groups in total. The summed E-state index contributed by atoms with van der Waals surface area (Å²) in [7, 11) is 0. The Bertz CT molecular complexity index is 757. The monoisotopic (exact) mass is 329 g/mol. The first-order chi connectivity index (χ1) is 11.2. The maximum Gasteiger partial charge on any atom is 0.251 e. The topological polar surface area (TPSA) is 98.2 Å². The molecule has 0 radical (unpaired) electrons. The highest BCUT2D eigenvalue weighted by Gasteiger charge is 2.19. The molecule has 0 fully saturated rings. The van der Waals surface area contributed by atoms with E-state index in [1.807, 2.05) is 20.8 Å². The van der Waals surface area contributed by atoms with E-state index in [1.165, 1.54) is 0 Å². The third-order valence-electron chi connectivity index (χ3n) is 3.65. The molecule has 0 unspecified atom stereocenters. The van der Waals surface area contributed by atoms with Crippen molar-refractivity contribution in [1.82, 2.24) is 4.98 Å². The number of nitrogens with zero attached hydrogens (tertiary/aromatic N) is 1. The maximum absolute atomic E-state index is 12.1. The van der Waals surface area contributed by atoms with Crippen LogP contribution in [0.25, 0.3) is 0 Å². The van der Waals surface area contributed by atoms with Gasteiger partial charge < -0.3 is 15.5 Å². The molecule has 0 aliphatic rings. The number of carbonyl (C=O) groups excluding carboxylic acids is 2. The summed E-state index contributed by atoms with van der Waals surface area (Å²) in [5, 5.41) is 2.73. The van der Waals surface area contributed by atoms with Crippen LogP contribution in [0, 0.1) is 6.92 Å². The van der Waals surface area contributed by atoms with Gasteiger partial charge in [-0.25, -0.2) is 4.98 Å². The Morgan fingerprint density at radius 1 is 1.29 bits per heavy atom. The van der Waals surface area contributed by atoms with Gasteiger partial charge in [0.1, 0.15) is 5.76 Å². The lowest BCUT2D eigenvalue weighted by Gasteiger charge is -2.13. The number of benzene rings is 1. The van der Waals surface area contributed by atoms with Crippen LogP contribution >= 0.6 is 0 Å². The molecule has 128 valence electrons. The van der Waals surface area contributed by atoms with Gasteiger partial charge in [-0.05, 0) is 18.6 Å². The summed E-state index contributed by atoms with van der Waals surface area (Å²) in [5.74, 6) is 0.520. The minimum absolute atomic E-state index is 0.120. The van der Waals surface area contributed by atoms with Crippen molar-refractivity contribution in [2.24, 2.45) is 5.73 Å². The number of hydrogen-bond acceptors (Lipinski definition) is 4. The third-order valence-corrected chi connectivity index (χ3v) is 3.65. The normalized spacial score (nSPS) is 11.3. The van der Waals surface area contributed by atoms with Crippen LogP contribution in [0.5, 0.6) is 0 Å². The number of hydrogen-bond donors (Lipinski definition) is 2. The Hall–Kier alpha value is -2.63. The molecule has 1 heterocycles. The van der Waals surface area contributed by atoms with Crippen molar-refractivity contribution in [2.75, 3.05) is 5.32 Å². The summed E-state index contributed by atoms with van der Waals surface area (Å²) in [4.78, 5) is 27.9. The lowest BCUT2D eigenvalue weighted by Crippen LogP contribution is -2.19. The van der Waals surface area contributed by atoms with Gasteiger partial charge in [0, 0.05) is 18.3 Å². The molecule has 6 heteroatoms. The number of carbonyl (C=O) groups is 2. The Balaban J connectivity index is 2.01. The number of amides is 2. The second-order valence-electron chi connectivity index (χ2n) is 6.78. The summed E-state index contributed by atoms with van der Waals surface area (Å²) >= 11 is 0. The summed E-state index contributed by atoms with van der Waals surface area (Å²) in [5.41, 5.74) is 6.75. The molecule has 6 nitrogen and oxygen atoms in total. The molecule has 2 amide bonds. The predicted molar refractivity (Wildman–Crippen MR) is 91.9 cm³/mol. The van der Waals surface area contributed by atoms with Gasteiger partial charge in [-0.1, -0.05) is 32.9 Å². The first-order valence-electron chi connectivity index (χ1n) is 7.83. The van der Waals surface area contributed by atoms with Crippen LogP contribution in [0.4, 0.5) is 5.69 Å². The van der Waals surface area contributed by atoms with E-state index in [4.69, 9.17) is 10.2 Å². The molecule has 0 atom stereocenters. The summed E-state index contributed by atoms with van der Waals surface area (Å²) in [6.45, 7) is 7.88. The largest absolute Gasteiger partial charge is 0.445 e. The SMILES string of the molecule is Cc1cccc(NC(=O)CCc2ncc(C(C)(C)C)o2)c1C(N)=O. The lowest BCUT2D eigenvalue weighted by molar-refractivity contribution is -0.116. The van der Waals surface area contributed by atoms with Gasteiger partial charge in [0.2, 0.25) is 5.91 Å². The molecule has 0 bridgehead atoms. The predicted octanol–water partition coefficient (Wildman–Crippen LogP) is 2.95. The van der Waals surface area contributed by atoms with Crippen LogP contribution in [0.1, 0.15) is 54.8 Å². The van der Waals surface area contributed by atoms with Gasteiger partial charge in [-0.15, -0.1) is 0 Å². The molecular weight excluding hydrogens is 306 g/mol. The van der Waals surface area contributed by atoms with E-state index in [9.17, 15) is 9.59 Å². The molecule has 24 heavy (non-hydrogen) atoms. The highest BCUT2D eigenvalue weighted by molar-refractivity contribution is 6.04. The zero-order valence-corrected chi connectivity index (χ0v) is 14.5. The fourth-order valence-corrected chi connectivity index (χ4v) is 2.30. The quantitative estimate of drug-likeness (QED) is 0.881. The highest BCUT2D eigenvalue weighted by atomic mass is 16.4. The second-order valence-corrected chi connectivity index (χ2v) is 6.78. The number of rotatable bonds is 5. The first-order valence-corrected chi connectivity index (χ1v) is 7.83. The number of nitrogens with one attached hydrogen (secondary N) is 1. The van der Waals surface area contributed by atoms with Crippen LogP contribution in [0.3, 0.4) is 0 Å². The number of aromatic nitrogens is 1. The minimum Gasteiger partial charge on any atom is -0.445 e. The fraction of sp³-hybridized carbons (Fsp3) is 0.389. The van der Waals surface area contributed by atoms with Crippen molar-refractivity contribution < 1.29 is 14.0 Å². The summed E-state index contributed by atoms with van der Waals surface area (Å²) in [6, 6.07) is 5.20. The standard InChI is InChI=1S/C18H23N3O3/c1-11-6-5-7-12(16(11)17(19)23)21-14(22)8-9-15-20-10-13(24-15)18(2,3)4/h5-7,10H,8-9H2,1-4H3,(H2,19,23)(H,21,22). The van der Waals surface area contributed by atoms with Crippen molar-refractivity contribution in [2.45, 2.75) is 46.0 Å². The van der Waals surface area contributed by atoms with E-state index in [0.717, 1.165) is 11.3 Å². The molecule has 2 rings (SSSR count). The zero-order valence-electron chi connectivity index (χ0n) is 14.5. The Labute approximate surface area is 141 Å². The summed E-state index contributed by atoms with van der Waals surface area (Å²) < 4.78 is 5.66. The molecular formula is C18H23N3O3. The van der Waals surface area contributed by atoms with Crippen molar-refractivity contribution in [3.63, 3.8) is 0 Å². The lowest BCUT2D eigenvalue weighted by atomic mass is 9.94. The highest BCUT2D eigenvalue weighted by Crippen LogP contribution is 2.23. The molecule has 2 aromatic rings. The van der Waals surface area contributed by atoms with Crippen molar-refractivity contribution in [3.8, 4) is 0 Å². The number of anilines is 1. The van der Waals surface area contributed by atoms with E-state index in [-0.39, 0.29) is 17.7 Å². The van der Waals surface area contributed by atoms with Crippen LogP contribution in [-0.2, 0) is 16.6 Å². The minimum atomic E-state index is -0.564. The molecule has 0 saturated heterocycles. The number of oxazole rings is 1. The smallest absolute Gasteiger partial charge is 0.251 e. The zero-order chi connectivity index (χ0) is 17.9. The average Bonchev–Trinajstić information content (AvgIpc) is 2.93. The van der Waals surface area contributed by atoms with Crippen LogP contribution in [0.15, 0.2) is 28.8 Å². The molecule has 0 spiro atoms. The fourth-order valence-electron chi connectivity index (χ4n) is 2.30. The van der Waals surface area contributed by atoms with Crippen molar-refractivity contribution in [3.05, 3.63) is 47.2 Å². The van der Waals surface area contributed by atoms with Gasteiger partial charge >= 0.3 is 0 Å². The second kappa shape index (κ2) is 6.86.